The highest BCUT2D eigenvalue weighted by Gasteiger charge is 2.42. The van der Waals surface area contributed by atoms with Crippen LogP contribution in [-0.2, 0) is 16.1 Å². The maximum Gasteiger partial charge on any atom is 0.278 e. The van der Waals surface area contributed by atoms with Crippen LogP contribution in [0.3, 0.4) is 0 Å². The van der Waals surface area contributed by atoms with Crippen molar-refractivity contribution in [1.29, 1.82) is 0 Å². The number of hydrogen-bond acceptors (Lipinski definition) is 5. The number of carbonyl (C=O) groups is 2. The first-order valence-corrected chi connectivity index (χ1v) is 10.7. The predicted molar refractivity (Wildman–Crippen MR) is 118 cm³/mol. The number of carbonyl (C=O) groups excluding carboxylic acids is 2. The van der Waals surface area contributed by atoms with Crippen molar-refractivity contribution in [2.75, 3.05) is 27.3 Å². The summed E-state index contributed by atoms with van der Waals surface area (Å²) in [5, 5.41) is 0. The Hall–Kier alpha value is -3.35. The van der Waals surface area contributed by atoms with Crippen LogP contribution in [0, 0.1) is 11.7 Å². The zero-order chi connectivity index (χ0) is 22.8. The van der Waals surface area contributed by atoms with E-state index in [2.05, 4.69) is 6.92 Å². The number of rotatable bonds is 6. The van der Waals surface area contributed by atoms with Crippen molar-refractivity contribution in [3.8, 4) is 11.5 Å². The van der Waals surface area contributed by atoms with E-state index in [1.165, 1.54) is 24.1 Å². The average Bonchev–Trinajstić information content (AvgIpc) is 3.04. The second kappa shape index (κ2) is 9.02. The third kappa shape index (κ3) is 4.07. The Labute approximate surface area is 187 Å². The van der Waals surface area contributed by atoms with E-state index in [4.69, 9.17) is 9.47 Å². The van der Waals surface area contributed by atoms with E-state index in [9.17, 15) is 14.0 Å². The molecule has 32 heavy (non-hydrogen) atoms. The van der Waals surface area contributed by atoms with Crippen LogP contribution in [0.2, 0.25) is 0 Å². The topological polar surface area (TPSA) is 59.1 Å². The molecule has 2 aliphatic heterocycles. The fourth-order valence-electron chi connectivity index (χ4n) is 4.42. The van der Waals surface area contributed by atoms with E-state index in [1.807, 2.05) is 4.90 Å². The molecule has 7 heteroatoms. The second-order valence-corrected chi connectivity index (χ2v) is 8.31. The fourth-order valence-corrected chi connectivity index (χ4v) is 4.42. The summed E-state index contributed by atoms with van der Waals surface area (Å²) in [6.45, 7) is 3.68. The largest absolute Gasteiger partial charge is 0.493 e. The molecule has 2 aromatic rings. The lowest BCUT2D eigenvalue weighted by atomic mass is 9.97. The molecular formula is C25H27FN2O4. The van der Waals surface area contributed by atoms with Gasteiger partial charge in [-0.05, 0) is 54.2 Å². The number of likely N-dealkylation sites (tertiary alicyclic amines) is 1. The van der Waals surface area contributed by atoms with Gasteiger partial charge in [0.25, 0.3) is 11.8 Å². The van der Waals surface area contributed by atoms with Gasteiger partial charge in [0.05, 0.1) is 26.3 Å². The van der Waals surface area contributed by atoms with Crippen LogP contribution in [-0.4, -0.2) is 48.9 Å². The molecule has 0 saturated carbocycles. The average molecular weight is 438 g/mol. The molecule has 1 fully saturated rings. The SMILES string of the molecule is COc1ccc(C2=C(N3CCCC(C)C3)C(=O)N(Cc3ccc(F)cc3)C2=O)cc1OC. The summed E-state index contributed by atoms with van der Waals surface area (Å²) in [5.41, 5.74) is 2.09. The first-order chi connectivity index (χ1) is 15.4. The minimum Gasteiger partial charge on any atom is -0.493 e. The lowest BCUT2D eigenvalue weighted by molar-refractivity contribution is -0.138. The first-order valence-electron chi connectivity index (χ1n) is 10.7. The molecule has 1 atom stereocenters. The Morgan fingerprint density at radius 3 is 2.38 bits per heavy atom. The zero-order valence-corrected chi connectivity index (χ0v) is 18.6. The molecule has 1 saturated heterocycles. The number of halogens is 1. The van der Waals surface area contributed by atoms with Crippen molar-refractivity contribution < 1.29 is 23.5 Å². The summed E-state index contributed by atoms with van der Waals surface area (Å²) < 4.78 is 24.1. The lowest BCUT2D eigenvalue weighted by Gasteiger charge is -2.33. The minimum atomic E-state index is -0.361. The van der Waals surface area contributed by atoms with Gasteiger partial charge in [0.2, 0.25) is 0 Å². The van der Waals surface area contributed by atoms with Crippen LogP contribution in [0.5, 0.6) is 11.5 Å². The maximum absolute atomic E-state index is 13.6. The molecule has 0 aliphatic carbocycles. The standard InChI is InChI=1S/C25H27FN2O4/c1-16-5-4-12-27(14-16)23-22(18-8-11-20(31-2)21(13-18)32-3)24(29)28(25(23)30)15-17-6-9-19(26)10-7-17/h6-11,13,16H,4-5,12,14-15H2,1-3H3. The maximum atomic E-state index is 13.6. The van der Waals surface area contributed by atoms with Crippen molar-refractivity contribution in [2.24, 2.45) is 5.92 Å². The highest BCUT2D eigenvalue weighted by atomic mass is 19.1. The van der Waals surface area contributed by atoms with E-state index in [0.29, 0.717) is 39.8 Å². The second-order valence-electron chi connectivity index (χ2n) is 8.31. The highest BCUT2D eigenvalue weighted by molar-refractivity contribution is 6.35. The van der Waals surface area contributed by atoms with E-state index < -0.39 is 0 Å². The Morgan fingerprint density at radius 1 is 1.00 bits per heavy atom. The smallest absolute Gasteiger partial charge is 0.278 e. The zero-order valence-electron chi connectivity index (χ0n) is 18.6. The van der Waals surface area contributed by atoms with Crippen LogP contribution in [0.1, 0.15) is 30.9 Å². The Bertz CT molecular complexity index is 1060. The van der Waals surface area contributed by atoms with Gasteiger partial charge in [-0.25, -0.2) is 4.39 Å². The number of imide groups is 1. The molecule has 2 amide bonds. The Kier molecular flexibility index (Phi) is 6.17. The van der Waals surface area contributed by atoms with Gasteiger partial charge in [-0.3, -0.25) is 14.5 Å². The van der Waals surface area contributed by atoms with Crippen LogP contribution >= 0.6 is 0 Å². The van der Waals surface area contributed by atoms with Gasteiger partial charge in [0.1, 0.15) is 11.5 Å². The number of benzene rings is 2. The molecule has 0 spiro atoms. The third-order valence-electron chi connectivity index (χ3n) is 6.04. The molecule has 2 heterocycles. The van der Waals surface area contributed by atoms with Crippen molar-refractivity contribution >= 4 is 17.4 Å². The summed E-state index contributed by atoms with van der Waals surface area (Å²) in [6, 6.07) is 11.1. The molecule has 168 valence electrons. The summed E-state index contributed by atoms with van der Waals surface area (Å²) in [6.07, 6.45) is 2.06. The fraction of sp³-hybridized carbons (Fsp3) is 0.360. The molecule has 0 bridgehead atoms. The molecule has 4 rings (SSSR count). The monoisotopic (exact) mass is 438 g/mol. The van der Waals surface area contributed by atoms with Gasteiger partial charge in [0.15, 0.2) is 11.5 Å². The van der Waals surface area contributed by atoms with Crippen molar-refractivity contribution in [1.82, 2.24) is 9.80 Å². The molecule has 2 aromatic carbocycles. The molecule has 0 aromatic heterocycles. The predicted octanol–water partition coefficient (Wildman–Crippen LogP) is 3.85. The Morgan fingerprint density at radius 2 is 1.72 bits per heavy atom. The van der Waals surface area contributed by atoms with E-state index in [1.54, 1.807) is 37.4 Å². The van der Waals surface area contributed by atoms with Gasteiger partial charge in [-0.2, -0.15) is 0 Å². The van der Waals surface area contributed by atoms with Crippen molar-refractivity contribution in [2.45, 2.75) is 26.3 Å². The molecule has 0 radical (unpaired) electrons. The van der Waals surface area contributed by atoms with Crippen molar-refractivity contribution in [3.63, 3.8) is 0 Å². The molecular weight excluding hydrogens is 411 g/mol. The molecule has 0 N–H and O–H groups in total. The number of nitrogens with zero attached hydrogens (tertiary/aromatic N) is 2. The van der Waals surface area contributed by atoms with E-state index in [-0.39, 0.29) is 24.2 Å². The first kappa shape index (κ1) is 21.9. The number of amides is 2. The van der Waals surface area contributed by atoms with Gasteiger partial charge in [0, 0.05) is 13.1 Å². The van der Waals surface area contributed by atoms with Crippen LogP contribution in [0.4, 0.5) is 4.39 Å². The van der Waals surface area contributed by atoms with Crippen LogP contribution < -0.4 is 9.47 Å². The van der Waals surface area contributed by atoms with Gasteiger partial charge in [-0.15, -0.1) is 0 Å². The lowest BCUT2D eigenvalue weighted by Crippen LogP contribution is -2.39. The number of piperidine rings is 1. The summed E-state index contributed by atoms with van der Waals surface area (Å²) in [7, 11) is 3.08. The van der Waals surface area contributed by atoms with Crippen LogP contribution in [0.15, 0.2) is 48.2 Å². The Balaban J connectivity index is 1.77. The number of hydrogen-bond donors (Lipinski definition) is 0. The van der Waals surface area contributed by atoms with Crippen molar-refractivity contribution in [3.05, 3.63) is 65.1 Å². The number of methoxy groups -OCH3 is 2. The van der Waals surface area contributed by atoms with Gasteiger partial charge in [-0.1, -0.05) is 25.1 Å². The van der Waals surface area contributed by atoms with Crippen LogP contribution in [0.25, 0.3) is 5.57 Å². The highest BCUT2D eigenvalue weighted by Crippen LogP contribution is 2.38. The summed E-state index contributed by atoms with van der Waals surface area (Å²) >= 11 is 0. The summed E-state index contributed by atoms with van der Waals surface area (Å²) in [4.78, 5) is 30.4. The van der Waals surface area contributed by atoms with E-state index in [0.717, 1.165) is 25.9 Å². The normalized spacial score (nSPS) is 19.1. The molecule has 2 aliphatic rings. The molecule has 6 nitrogen and oxygen atoms in total. The summed E-state index contributed by atoms with van der Waals surface area (Å²) in [5.74, 6) is 0.418. The number of ether oxygens (including phenoxy) is 2. The van der Waals surface area contributed by atoms with E-state index >= 15 is 0 Å². The minimum absolute atomic E-state index is 0.0850. The third-order valence-corrected chi connectivity index (χ3v) is 6.04. The van der Waals surface area contributed by atoms with Gasteiger partial charge < -0.3 is 14.4 Å². The van der Waals surface area contributed by atoms with Gasteiger partial charge >= 0.3 is 0 Å². The molecule has 1 unspecified atom stereocenters. The quantitative estimate of drug-likeness (QED) is 0.641.